The largest absolute Gasteiger partial charge is 0.369 e. The minimum absolute atomic E-state index is 0. The van der Waals surface area contributed by atoms with Crippen LogP contribution in [0.4, 0.5) is 28.9 Å². The molecule has 0 saturated carbocycles. The summed E-state index contributed by atoms with van der Waals surface area (Å²) < 4.78 is 58.5. The maximum atomic E-state index is 13.5. The molecule has 6 heterocycles. The molecular formula is C45H51Cl2F4IN10. The summed E-state index contributed by atoms with van der Waals surface area (Å²) in [4.78, 5) is 17.5. The zero-order chi connectivity index (χ0) is 41.3. The highest BCUT2D eigenvalue weighted by Crippen LogP contribution is 2.22. The van der Waals surface area contributed by atoms with E-state index in [0.717, 1.165) is 115 Å². The van der Waals surface area contributed by atoms with Gasteiger partial charge in [-0.25, -0.2) is 36.9 Å². The topological polar surface area (TPSA) is 74.4 Å². The van der Waals surface area contributed by atoms with Crippen LogP contribution in [-0.2, 0) is 0 Å². The predicted octanol–water partition coefficient (Wildman–Crippen LogP) is 9.46. The monoisotopic (exact) mass is 1000 g/mol. The second-order valence-corrected chi connectivity index (χ2v) is 15.5. The summed E-state index contributed by atoms with van der Waals surface area (Å²) >= 11 is 2.26. The second-order valence-electron chi connectivity index (χ2n) is 14.3. The van der Waals surface area contributed by atoms with E-state index >= 15 is 0 Å². The van der Waals surface area contributed by atoms with Gasteiger partial charge in [-0.05, 0) is 85.0 Å². The fourth-order valence-corrected chi connectivity index (χ4v) is 7.68. The SMILES string of the molecule is C.Cc1c(/C=C/CN2CCN(c3cc(F)cc(F)c3)CC2)cnn1-c1ccccn1.Cc1c(/C=C/CN2CCN(c3cc(F)cc(F)c3)CC2)cnn1-c1ncccc1I.Cl.Cl. The molecule has 0 spiro atoms. The van der Waals surface area contributed by atoms with Crippen LogP contribution in [0.1, 0.15) is 29.9 Å². The summed E-state index contributed by atoms with van der Waals surface area (Å²) in [6.07, 6.45) is 15.7. The first kappa shape index (κ1) is 49.8. The Kier molecular flexibility index (Phi) is 19.0. The zero-order valence-electron chi connectivity index (χ0n) is 33.7. The zero-order valence-corrected chi connectivity index (χ0v) is 37.5. The van der Waals surface area contributed by atoms with E-state index in [1.165, 1.54) is 24.3 Å². The van der Waals surface area contributed by atoms with Crippen LogP contribution in [0.5, 0.6) is 0 Å². The van der Waals surface area contributed by atoms with Crippen LogP contribution in [0, 0.1) is 40.7 Å². The molecule has 0 N–H and O–H groups in total. The molecule has 0 amide bonds. The lowest BCUT2D eigenvalue weighted by atomic mass is 10.2. The number of hydrogen-bond donors (Lipinski definition) is 0. The molecule has 0 atom stereocenters. The van der Waals surface area contributed by atoms with Crippen molar-refractivity contribution in [2.24, 2.45) is 0 Å². The number of hydrogen-bond acceptors (Lipinski definition) is 8. The third kappa shape index (κ3) is 12.9. The van der Waals surface area contributed by atoms with E-state index in [4.69, 9.17) is 0 Å². The maximum absolute atomic E-state index is 13.5. The maximum Gasteiger partial charge on any atom is 0.167 e. The highest BCUT2D eigenvalue weighted by atomic mass is 127. The van der Waals surface area contributed by atoms with Crippen molar-refractivity contribution in [3.05, 3.63) is 153 Å². The van der Waals surface area contributed by atoms with E-state index in [1.807, 2.05) is 75.7 Å². The van der Waals surface area contributed by atoms with Crippen molar-refractivity contribution in [3.63, 3.8) is 0 Å². The third-order valence-electron chi connectivity index (χ3n) is 10.4. The van der Waals surface area contributed by atoms with Crippen molar-refractivity contribution in [2.45, 2.75) is 21.3 Å². The van der Waals surface area contributed by atoms with Gasteiger partial charge in [0.05, 0.1) is 27.4 Å². The molecular weight excluding hydrogens is 954 g/mol. The molecule has 17 heteroatoms. The second kappa shape index (κ2) is 23.6. The Balaban J connectivity index is 0.000000260. The van der Waals surface area contributed by atoms with Gasteiger partial charge in [0.1, 0.15) is 23.3 Å². The number of rotatable bonds is 10. The number of benzene rings is 2. The van der Waals surface area contributed by atoms with Crippen molar-refractivity contribution in [2.75, 3.05) is 75.2 Å². The van der Waals surface area contributed by atoms with Gasteiger partial charge in [0.25, 0.3) is 0 Å². The van der Waals surface area contributed by atoms with Crippen molar-refractivity contribution >= 4 is 70.9 Å². The highest BCUT2D eigenvalue weighted by molar-refractivity contribution is 14.1. The molecule has 2 fully saturated rings. The number of pyridine rings is 2. The molecule has 0 aliphatic carbocycles. The first-order chi connectivity index (χ1) is 28.6. The molecule has 2 aromatic carbocycles. The Morgan fingerprint density at radius 2 is 1.03 bits per heavy atom. The number of aromatic nitrogens is 6. The quantitative estimate of drug-likeness (QED) is 0.0994. The average molecular weight is 1010 g/mol. The first-order valence-corrected chi connectivity index (χ1v) is 20.5. The smallest absolute Gasteiger partial charge is 0.167 e. The van der Waals surface area contributed by atoms with Gasteiger partial charge < -0.3 is 9.80 Å². The highest BCUT2D eigenvalue weighted by Gasteiger charge is 2.19. The summed E-state index contributed by atoms with van der Waals surface area (Å²) in [6, 6.07) is 17.0. The minimum atomic E-state index is -0.535. The lowest BCUT2D eigenvalue weighted by molar-refractivity contribution is 0.284. The van der Waals surface area contributed by atoms with E-state index in [2.05, 4.69) is 76.9 Å². The summed E-state index contributed by atoms with van der Waals surface area (Å²) in [5, 5.41) is 8.92. The van der Waals surface area contributed by atoms with Gasteiger partial charge in [-0.15, -0.1) is 24.8 Å². The van der Waals surface area contributed by atoms with Crippen LogP contribution in [-0.4, -0.2) is 105 Å². The number of nitrogens with zero attached hydrogens (tertiary/aromatic N) is 10. The molecule has 62 heavy (non-hydrogen) atoms. The molecule has 2 aliphatic heterocycles. The van der Waals surface area contributed by atoms with Gasteiger partial charge in [-0.1, -0.05) is 37.8 Å². The van der Waals surface area contributed by atoms with Crippen LogP contribution in [0.3, 0.4) is 0 Å². The van der Waals surface area contributed by atoms with E-state index in [1.54, 1.807) is 12.4 Å². The van der Waals surface area contributed by atoms with Gasteiger partial charge in [-0.3, -0.25) is 9.80 Å². The van der Waals surface area contributed by atoms with Crippen molar-refractivity contribution in [1.29, 1.82) is 0 Å². The number of piperazine rings is 2. The van der Waals surface area contributed by atoms with Gasteiger partial charge in [0.2, 0.25) is 0 Å². The average Bonchev–Trinajstić information content (AvgIpc) is 3.79. The van der Waals surface area contributed by atoms with Gasteiger partial charge >= 0.3 is 0 Å². The fraction of sp³-hybridized carbons (Fsp3) is 0.289. The summed E-state index contributed by atoms with van der Waals surface area (Å²) in [7, 11) is 0. The Morgan fingerprint density at radius 1 is 0.581 bits per heavy atom. The molecule has 4 aromatic heterocycles. The lowest BCUT2D eigenvalue weighted by Crippen LogP contribution is -2.46. The van der Waals surface area contributed by atoms with E-state index in [0.29, 0.717) is 11.4 Å². The van der Waals surface area contributed by atoms with Gasteiger partial charge in [-0.2, -0.15) is 10.2 Å². The Labute approximate surface area is 386 Å². The summed E-state index contributed by atoms with van der Waals surface area (Å²) in [5.74, 6) is -0.507. The van der Waals surface area contributed by atoms with Crippen LogP contribution < -0.4 is 9.80 Å². The number of halogens is 7. The molecule has 10 nitrogen and oxygen atoms in total. The van der Waals surface area contributed by atoms with Crippen molar-refractivity contribution < 1.29 is 17.6 Å². The molecule has 0 bridgehead atoms. The van der Waals surface area contributed by atoms with Gasteiger partial charge in [0.15, 0.2) is 11.6 Å². The normalized spacial score (nSPS) is 14.6. The molecule has 330 valence electrons. The molecule has 6 aromatic rings. The first-order valence-electron chi connectivity index (χ1n) is 19.4. The third-order valence-corrected chi connectivity index (χ3v) is 11.2. The standard InChI is InChI=1S/C22H22F2IN5.C22H23F2N5.CH4.2ClH/c1-16-17(15-27-30(16)22-21(25)5-2-6-26-22)4-3-7-28-8-10-29(11-9-28)20-13-18(23)12-19(24)14-20;1-17-18(16-26-29(17)22-6-2-3-7-25-22)5-4-8-27-9-11-28(12-10-27)21-14-19(23)13-20(24)15-21;;;/h2-6,12-15H,7-11H2,1H3;2-7,13-16H,8-12H2,1H3;1H4;2*1H/b4-3+;5-4+;;;. The number of anilines is 2. The fourth-order valence-electron chi connectivity index (χ4n) is 7.11. The van der Waals surface area contributed by atoms with Crippen molar-refractivity contribution in [1.82, 2.24) is 39.3 Å². The molecule has 2 aliphatic rings. The Morgan fingerprint density at radius 3 is 1.48 bits per heavy atom. The van der Waals surface area contributed by atoms with E-state index < -0.39 is 23.3 Å². The molecule has 0 unspecified atom stereocenters. The van der Waals surface area contributed by atoms with Gasteiger partial charge in [0, 0.05) is 112 Å². The predicted molar refractivity (Wildman–Crippen MR) is 254 cm³/mol. The van der Waals surface area contributed by atoms with E-state index in [9.17, 15) is 17.6 Å². The van der Waals surface area contributed by atoms with Crippen LogP contribution in [0.25, 0.3) is 23.8 Å². The van der Waals surface area contributed by atoms with Crippen LogP contribution in [0.15, 0.2) is 104 Å². The Bertz CT molecular complexity index is 2360. The minimum Gasteiger partial charge on any atom is -0.369 e. The molecule has 8 rings (SSSR count). The van der Waals surface area contributed by atoms with Crippen molar-refractivity contribution in [3.8, 4) is 11.6 Å². The van der Waals surface area contributed by atoms with Crippen LogP contribution in [0.2, 0.25) is 0 Å². The molecule has 2 saturated heterocycles. The summed E-state index contributed by atoms with van der Waals surface area (Å²) in [5.41, 5.74) is 5.42. The lowest BCUT2D eigenvalue weighted by Gasteiger charge is -2.35. The molecule has 0 radical (unpaired) electrons. The van der Waals surface area contributed by atoms with Crippen LogP contribution >= 0.6 is 47.4 Å². The summed E-state index contributed by atoms with van der Waals surface area (Å²) in [6.45, 7) is 12.0. The van der Waals surface area contributed by atoms with E-state index in [-0.39, 0.29) is 32.2 Å². The Hall–Kier alpha value is -4.81.